The van der Waals surface area contributed by atoms with Gasteiger partial charge in [-0.2, -0.15) is 0 Å². The summed E-state index contributed by atoms with van der Waals surface area (Å²) in [6, 6.07) is 13.4. The minimum atomic E-state index is -0.442. The Hall–Kier alpha value is -2.76. The van der Waals surface area contributed by atoms with Gasteiger partial charge in [-0.1, -0.05) is 24.3 Å². The number of benzene rings is 2. The Labute approximate surface area is 140 Å². The lowest BCUT2D eigenvalue weighted by Crippen LogP contribution is -2.29. The summed E-state index contributed by atoms with van der Waals surface area (Å²) >= 11 is 0. The van der Waals surface area contributed by atoms with E-state index in [9.17, 15) is 9.18 Å². The second kappa shape index (κ2) is 9.39. The van der Waals surface area contributed by atoms with Crippen LogP contribution < -0.4 is 19.5 Å². The maximum atomic E-state index is 13.3. The summed E-state index contributed by atoms with van der Waals surface area (Å²) in [6.45, 7) is 0.789. The average molecular weight is 333 g/mol. The van der Waals surface area contributed by atoms with Crippen LogP contribution in [-0.2, 0) is 4.79 Å². The number of halogens is 1. The number of hydrogen-bond donors (Lipinski definition) is 1. The van der Waals surface area contributed by atoms with Crippen LogP contribution in [-0.4, -0.2) is 32.8 Å². The van der Waals surface area contributed by atoms with Gasteiger partial charge in [0, 0.05) is 0 Å². The molecule has 0 aliphatic heterocycles. The van der Waals surface area contributed by atoms with Crippen molar-refractivity contribution in [2.45, 2.75) is 6.42 Å². The van der Waals surface area contributed by atoms with Crippen molar-refractivity contribution in [3.05, 3.63) is 54.3 Å². The Bertz CT molecular complexity index is 663. The molecule has 2 aromatic rings. The number of ether oxygens (including phenoxy) is 3. The molecule has 0 saturated carbocycles. The maximum absolute atomic E-state index is 13.3. The molecule has 0 heterocycles. The molecule has 0 bridgehead atoms. The molecule has 0 saturated heterocycles. The topological polar surface area (TPSA) is 56.8 Å². The van der Waals surface area contributed by atoms with E-state index in [2.05, 4.69) is 5.32 Å². The summed E-state index contributed by atoms with van der Waals surface area (Å²) in [7, 11) is 1.57. The van der Waals surface area contributed by atoms with Crippen LogP contribution in [0.2, 0.25) is 0 Å². The van der Waals surface area contributed by atoms with Gasteiger partial charge >= 0.3 is 0 Å². The monoisotopic (exact) mass is 333 g/mol. The standard InChI is InChI=1S/C18H20FNO4/c1-22-16-8-4-5-9-17(16)24-13-11-20-18(21)10-12-23-15-7-3-2-6-14(15)19/h2-9H,10-13H2,1H3,(H,20,21). The number of methoxy groups -OCH3 is 1. The lowest BCUT2D eigenvalue weighted by molar-refractivity contribution is -0.121. The van der Waals surface area contributed by atoms with Crippen LogP contribution in [0.3, 0.4) is 0 Å². The molecule has 1 N–H and O–H groups in total. The predicted molar refractivity (Wildman–Crippen MR) is 88.0 cm³/mol. The van der Waals surface area contributed by atoms with E-state index >= 15 is 0 Å². The van der Waals surface area contributed by atoms with E-state index < -0.39 is 5.82 Å². The molecule has 0 fully saturated rings. The highest BCUT2D eigenvalue weighted by molar-refractivity contribution is 5.75. The van der Waals surface area contributed by atoms with Crippen LogP contribution in [0.15, 0.2) is 48.5 Å². The Balaban J connectivity index is 1.62. The summed E-state index contributed by atoms with van der Waals surface area (Å²) < 4.78 is 29.3. The van der Waals surface area contributed by atoms with Gasteiger partial charge in [-0.3, -0.25) is 4.79 Å². The summed E-state index contributed by atoms with van der Waals surface area (Å²) in [5, 5.41) is 2.71. The minimum absolute atomic E-state index is 0.111. The molecular formula is C18H20FNO4. The van der Waals surface area contributed by atoms with Gasteiger partial charge in [-0.25, -0.2) is 4.39 Å². The zero-order chi connectivity index (χ0) is 17.2. The molecule has 0 aliphatic rings. The van der Waals surface area contributed by atoms with Crippen LogP contribution in [0.5, 0.6) is 17.2 Å². The van der Waals surface area contributed by atoms with E-state index in [0.29, 0.717) is 24.7 Å². The SMILES string of the molecule is COc1ccccc1OCCNC(=O)CCOc1ccccc1F. The summed E-state index contributed by atoms with van der Waals surface area (Å²) in [5.41, 5.74) is 0. The molecule has 6 heteroatoms. The number of nitrogens with one attached hydrogen (secondary N) is 1. The van der Waals surface area contributed by atoms with Gasteiger partial charge in [0.15, 0.2) is 23.1 Å². The molecule has 128 valence electrons. The number of rotatable bonds is 9. The van der Waals surface area contributed by atoms with Gasteiger partial charge in [-0.15, -0.1) is 0 Å². The maximum Gasteiger partial charge on any atom is 0.223 e. The molecule has 5 nitrogen and oxygen atoms in total. The van der Waals surface area contributed by atoms with Gasteiger partial charge in [0.25, 0.3) is 0 Å². The number of para-hydroxylation sites is 3. The Morgan fingerprint density at radius 3 is 2.29 bits per heavy atom. The van der Waals surface area contributed by atoms with E-state index in [4.69, 9.17) is 14.2 Å². The van der Waals surface area contributed by atoms with Crippen molar-refractivity contribution >= 4 is 5.91 Å². The molecule has 0 spiro atoms. The molecule has 2 rings (SSSR count). The fraction of sp³-hybridized carbons (Fsp3) is 0.278. The first kappa shape index (κ1) is 17.6. The van der Waals surface area contributed by atoms with E-state index in [1.54, 1.807) is 31.4 Å². The van der Waals surface area contributed by atoms with Crippen LogP contribution in [0.25, 0.3) is 0 Å². The van der Waals surface area contributed by atoms with Crippen LogP contribution in [0.1, 0.15) is 6.42 Å². The van der Waals surface area contributed by atoms with Crippen molar-refractivity contribution in [2.75, 3.05) is 26.9 Å². The third kappa shape index (κ3) is 5.46. The van der Waals surface area contributed by atoms with Crippen molar-refractivity contribution in [3.63, 3.8) is 0 Å². The van der Waals surface area contributed by atoms with E-state index in [1.165, 1.54) is 12.1 Å². The summed E-state index contributed by atoms with van der Waals surface area (Å²) in [5.74, 6) is 0.780. The van der Waals surface area contributed by atoms with Gasteiger partial charge < -0.3 is 19.5 Å². The summed E-state index contributed by atoms with van der Waals surface area (Å²) in [6.07, 6.45) is 0.142. The van der Waals surface area contributed by atoms with Gasteiger partial charge in [0.1, 0.15) is 6.61 Å². The fourth-order valence-corrected chi connectivity index (χ4v) is 1.99. The second-order valence-electron chi connectivity index (χ2n) is 4.88. The van der Waals surface area contributed by atoms with Crippen molar-refractivity contribution in [1.29, 1.82) is 0 Å². The third-order valence-electron chi connectivity index (χ3n) is 3.17. The number of amides is 1. The first-order valence-corrected chi connectivity index (χ1v) is 7.60. The lowest BCUT2D eigenvalue weighted by atomic mass is 10.3. The third-order valence-corrected chi connectivity index (χ3v) is 3.17. The van der Waals surface area contributed by atoms with Gasteiger partial charge in [0.05, 0.1) is 26.7 Å². The Morgan fingerprint density at radius 1 is 0.958 bits per heavy atom. The van der Waals surface area contributed by atoms with Crippen LogP contribution >= 0.6 is 0 Å². The lowest BCUT2D eigenvalue weighted by Gasteiger charge is -2.11. The Kier molecular flexibility index (Phi) is 6.89. The molecular weight excluding hydrogens is 313 g/mol. The van der Waals surface area contributed by atoms with Crippen LogP contribution in [0, 0.1) is 5.82 Å². The number of carbonyl (C=O) groups excluding carboxylic acids is 1. The molecule has 0 unspecified atom stereocenters. The van der Waals surface area contributed by atoms with E-state index in [-0.39, 0.29) is 24.7 Å². The summed E-state index contributed by atoms with van der Waals surface area (Å²) in [4.78, 5) is 11.7. The fourth-order valence-electron chi connectivity index (χ4n) is 1.99. The molecule has 0 aliphatic carbocycles. The molecule has 0 radical (unpaired) electrons. The zero-order valence-corrected chi connectivity index (χ0v) is 13.5. The highest BCUT2D eigenvalue weighted by Crippen LogP contribution is 2.25. The smallest absolute Gasteiger partial charge is 0.223 e. The predicted octanol–water partition coefficient (Wildman–Crippen LogP) is 2.80. The van der Waals surface area contributed by atoms with E-state index in [1.807, 2.05) is 12.1 Å². The van der Waals surface area contributed by atoms with Crippen LogP contribution in [0.4, 0.5) is 4.39 Å². The largest absolute Gasteiger partial charge is 0.493 e. The van der Waals surface area contributed by atoms with Gasteiger partial charge in [0.2, 0.25) is 5.91 Å². The molecule has 1 amide bonds. The Morgan fingerprint density at radius 2 is 1.58 bits per heavy atom. The average Bonchev–Trinajstić information content (AvgIpc) is 2.60. The normalized spacial score (nSPS) is 10.1. The molecule has 0 atom stereocenters. The van der Waals surface area contributed by atoms with Crippen molar-refractivity contribution in [3.8, 4) is 17.2 Å². The van der Waals surface area contributed by atoms with Gasteiger partial charge in [-0.05, 0) is 24.3 Å². The zero-order valence-electron chi connectivity index (χ0n) is 13.5. The second-order valence-corrected chi connectivity index (χ2v) is 4.88. The minimum Gasteiger partial charge on any atom is -0.493 e. The molecule has 0 aromatic heterocycles. The van der Waals surface area contributed by atoms with Crippen molar-refractivity contribution in [1.82, 2.24) is 5.32 Å². The highest BCUT2D eigenvalue weighted by Gasteiger charge is 2.05. The number of hydrogen-bond acceptors (Lipinski definition) is 4. The quantitative estimate of drug-likeness (QED) is 0.717. The highest BCUT2D eigenvalue weighted by atomic mass is 19.1. The molecule has 2 aromatic carbocycles. The molecule has 24 heavy (non-hydrogen) atoms. The first-order valence-electron chi connectivity index (χ1n) is 7.60. The van der Waals surface area contributed by atoms with Crippen molar-refractivity contribution < 1.29 is 23.4 Å². The van der Waals surface area contributed by atoms with Crippen molar-refractivity contribution in [2.24, 2.45) is 0 Å². The van der Waals surface area contributed by atoms with E-state index in [0.717, 1.165) is 0 Å². The first-order chi connectivity index (χ1) is 11.7. The number of carbonyl (C=O) groups is 1.